The van der Waals surface area contributed by atoms with Crippen LogP contribution < -0.4 is 5.32 Å². The normalized spacial score (nSPS) is 12.4. The van der Waals surface area contributed by atoms with Crippen molar-refractivity contribution in [2.24, 2.45) is 0 Å². The summed E-state index contributed by atoms with van der Waals surface area (Å²) in [5.74, 6) is 0.204. The number of amides is 1. The number of thiophene rings is 1. The molecule has 0 saturated heterocycles. The molecule has 0 bridgehead atoms. The number of nitrogens with one attached hydrogen (secondary N) is 1. The van der Waals surface area contributed by atoms with Crippen molar-refractivity contribution in [3.8, 4) is 10.4 Å². The third kappa shape index (κ3) is 4.53. The van der Waals surface area contributed by atoms with E-state index in [2.05, 4.69) is 57.5 Å². The fraction of sp³-hybridized carbons (Fsp3) is 0.286. The molecule has 3 heterocycles. The van der Waals surface area contributed by atoms with Crippen LogP contribution >= 0.6 is 34.4 Å². The molecule has 1 aromatic carbocycles. The highest BCUT2D eigenvalue weighted by atomic mass is 32.2. The van der Waals surface area contributed by atoms with Gasteiger partial charge in [-0.15, -0.1) is 21.5 Å². The predicted octanol–water partition coefficient (Wildman–Crippen LogP) is 5.84. The van der Waals surface area contributed by atoms with Crippen LogP contribution in [-0.4, -0.2) is 31.3 Å². The summed E-state index contributed by atoms with van der Waals surface area (Å²) in [6.45, 7) is 6.11. The Balaban J connectivity index is 1.55. The maximum atomic E-state index is 12.9. The first-order chi connectivity index (χ1) is 14.5. The lowest BCUT2D eigenvalue weighted by Gasteiger charge is -2.13. The Morgan fingerprint density at radius 2 is 1.93 bits per heavy atom. The minimum atomic E-state index is -0.283. The van der Waals surface area contributed by atoms with Gasteiger partial charge in [0.1, 0.15) is 21.2 Å². The minimum Gasteiger partial charge on any atom is -0.300 e. The summed E-state index contributed by atoms with van der Waals surface area (Å²) in [4.78, 5) is 23.8. The number of carbonyl (C=O) groups excluding carboxylic acids is 1. The summed E-state index contributed by atoms with van der Waals surface area (Å²) in [5, 5.41) is 14.1. The second kappa shape index (κ2) is 9.20. The number of anilines is 1. The topological polar surface area (TPSA) is 80.7 Å². The van der Waals surface area contributed by atoms with Crippen LogP contribution in [0.4, 0.5) is 5.13 Å². The largest absolute Gasteiger partial charge is 0.300 e. The molecule has 3 aromatic heterocycles. The zero-order valence-electron chi connectivity index (χ0n) is 16.8. The molecule has 0 aliphatic rings. The summed E-state index contributed by atoms with van der Waals surface area (Å²) in [7, 11) is 0. The van der Waals surface area contributed by atoms with E-state index in [0.29, 0.717) is 11.6 Å². The van der Waals surface area contributed by atoms with Gasteiger partial charge in [-0.2, -0.15) is 0 Å². The standard InChI is InChI=1S/C21H21N5OS3/c1-4-15(17(27)24-21-26-25-18(30-21)12(2)3)28-19-14-10-16(13-8-6-5-7-9-13)29-20(14)23-11-22-19/h5-12,15H,4H2,1-3H3,(H,24,26,27). The summed E-state index contributed by atoms with van der Waals surface area (Å²) < 4.78 is 0. The maximum absolute atomic E-state index is 12.9. The number of carbonyl (C=O) groups is 1. The number of aromatic nitrogens is 4. The summed E-state index contributed by atoms with van der Waals surface area (Å²) >= 11 is 4.52. The average molecular weight is 456 g/mol. The Morgan fingerprint density at radius 1 is 1.13 bits per heavy atom. The Kier molecular flexibility index (Phi) is 6.40. The molecular weight excluding hydrogens is 434 g/mol. The number of nitrogens with zero attached hydrogens (tertiary/aromatic N) is 4. The van der Waals surface area contributed by atoms with Crippen molar-refractivity contribution in [1.82, 2.24) is 20.2 Å². The smallest absolute Gasteiger partial charge is 0.239 e. The third-order valence-electron chi connectivity index (χ3n) is 4.43. The second-order valence-electron chi connectivity index (χ2n) is 6.98. The van der Waals surface area contributed by atoms with Crippen molar-refractivity contribution in [3.05, 3.63) is 47.7 Å². The lowest BCUT2D eigenvalue weighted by atomic mass is 10.2. The number of fused-ring (bicyclic) bond motifs is 1. The van der Waals surface area contributed by atoms with Gasteiger partial charge in [0, 0.05) is 16.2 Å². The van der Waals surface area contributed by atoms with E-state index < -0.39 is 0 Å². The van der Waals surface area contributed by atoms with Crippen LogP contribution in [0.5, 0.6) is 0 Å². The zero-order chi connectivity index (χ0) is 21.1. The summed E-state index contributed by atoms with van der Waals surface area (Å²) in [6, 6.07) is 12.3. The quantitative estimate of drug-likeness (QED) is 0.278. The van der Waals surface area contributed by atoms with E-state index in [0.717, 1.165) is 30.7 Å². The van der Waals surface area contributed by atoms with Crippen LogP contribution in [0, 0.1) is 0 Å². The first kappa shape index (κ1) is 20.9. The molecule has 4 aromatic rings. The van der Waals surface area contributed by atoms with Crippen LogP contribution in [0.15, 0.2) is 47.8 Å². The minimum absolute atomic E-state index is 0.0840. The van der Waals surface area contributed by atoms with Crippen LogP contribution in [0.2, 0.25) is 0 Å². The molecule has 6 nitrogen and oxygen atoms in total. The van der Waals surface area contributed by atoms with E-state index in [-0.39, 0.29) is 17.1 Å². The highest BCUT2D eigenvalue weighted by Crippen LogP contribution is 2.38. The molecule has 30 heavy (non-hydrogen) atoms. The molecule has 0 saturated carbocycles. The van der Waals surface area contributed by atoms with Crippen molar-refractivity contribution in [3.63, 3.8) is 0 Å². The van der Waals surface area contributed by atoms with Gasteiger partial charge >= 0.3 is 0 Å². The average Bonchev–Trinajstić information content (AvgIpc) is 3.40. The van der Waals surface area contributed by atoms with E-state index >= 15 is 0 Å². The van der Waals surface area contributed by atoms with Crippen molar-refractivity contribution >= 4 is 55.7 Å². The van der Waals surface area contributed by atoms with Gasteiger partial charge in [-0.25, -0.2) is 9.97 Å². The third-order valence-corrected chi connectivity index (χ3v) is 8.04. The molecule has 0 spiro atoms. The Hall–Kier alpha value is -2.36. The van der Waals surface area contributed by atoms with E-state index in [1.807, 2.05) is 25.1 Å². The molecule has 1 N–H and O–H groups in total. The van der Waals surface area contributed by atoms with Crippen LogP contribution in [-0.2, 0) is 4.79 Å². The molecule has 0 radical (unpaired) electrons. The lowest BCUT2D eigenvalue weighted by molar-refractivity contribution is -0.115. The van der Waals surface area contributed by atoms with Crippen molar-refractivity contribution in [1.29, 1.82) is 0 Å². The Morgan fingerprint density at radius 3 is 2.63 bits per heavy atom. The predicted molar refractivity (Wildman–Crippen MR) is 125 cm³/mol. The molecule has 4 rings (SSSR count). The number of thioether (sulfide) groups is 1. The van der Waals surface area contributed by atoms with Gasteiger partial charge in [-0.1, -0.05) is 74.2 Å². The van der Waals surface area contributed by atoms with Gasteiger partial charge in [0.2, 0.25) is 11.0 Å². The summed E-state index contributed by atoms with van der Waals surface area (Å²) in [6.07, 6.45) is 2.24. The highest BCUT2D eigenvalue weighted by molar-refractivity contribution is 8.00. The SMILES string of the molecule is CCC(Sc1ncnc2sc(-c3ccccc3)cc12)C(=O)Nc1nnc(C(C)C)s1. The van der Waals surface area contributed by atoms with E-state index in [1.54, 1.807) is 17.7 Å². The number of benzene rings is 1. The van der Waals surface area contributed by atoms with E-state index in [9.17, 15) is 4.79 Å². The molecule has 0 aliphatic heterocycles. The van der Waals surface area contributed by atoms with Crippen LogP contribution in [0.25, 0.3) is 20.7 Å². The van der Waals surface area contributed by atoms with E-state index in [4.69, 9.17) is 0 Å². The Labute approximate surface area is 187 Å². The van der Waals surface area contributed by atoms with Gasteiger partial charge in [0.25, 0.3) is 0 Å². The van der Waals surface area contributed by atoms with Gasteiger partial charge in [-0.3, -0.25) is 10.1 Å². The van der Waals surface area contributed by atoms with Gasteiger partial charge in [0.15, 0.2) is 0 Å². The lowest BCUT2D eigenvalue weighted by Crippen LogP contribution is -2.24. The van der Waals surface area contributed by atoms with Crippen LogP contribution in [0.3, 0.4) is 0 Å². The van der Waals surface area contributed by atoms with E-state index in [1.165, 1.54) is 23.1 Å². The van der Waals surface area contributed by atoms with Gasteiger partial charge in [0.05, 0.1) is 5.25 Å². The first-order valence-corrected chi connectivity index (χ1v) is 12.2. The Bertz CT molecular complexity index is 1160. The van der Waals surface area contributed by atoms with Gasteiger partial charge in [-0.05, 0) is 18.1 Å². The van der Waals surface area contributed by atoms with Crippen molar-refractivity contribution in [2.75, 3.05) is 5.32 Å². The fourth-order valence-corrected chi connectivity index (χ4v) is 5.64. The van der Waals surface area contributed by atoms with Crippen LogP contribution in [0.1, 0.15) is 38.1 Å². The molecule has 0 fully saturated rings. The maximum Gasteiger partial charge on any atom is 0.239 e. The second-order valence-corrected chi connectivity index (χ2v) is 10.2. The molecule has 154 valence electrons. The summed E-state index contributed by atoms with van der Waals surface area (Å²) in [5.41, 5.74) is 1.15. The molecule has 1 atom stereocenters. The molecule has 1 amide bonds. The fourth-order valence-electron chi connectivity index (χ4n) is 2.83. The monoisotopic (exact) mass is 455 g/mol. The number of hydrogen-bond donors (Lipinski definition) is 1. The molecule has 1 unspecified atom stereocenters. The molecular formula is C21H21N5OS3. The zero-order valence-corrected chi connectivity index (χ0v) is 19.3. The first-order valence-electron chi connectivity index (χ1n) is 9.66. The molecule has 9 heteroatoms. The highest BCUT2D eigenvalue weighted by Gasteiger charge is 2.22. The number of rotatable bonds is 7. The van der Waals surface area contributed by atoms with Crippen molar-refractivity contribution < 1.29 is 4.79 Å². The van der Waals surface area contributed by atoms with Gasteiger partial charge < -0.3 is 0 Å². The molecule has 0 aliphatic carbocycles. The number of hydrogen-bond acceptors (Lipinski definition) is 8. The van der Waals surface area contributed by atoms with Crippen molar-refractivity contribution in [2.45, 2.75) is 43.4 Å².